The van der Waals surface area contributed by atoms with Crippen LogP contribution in [0.4, 0.5) is 5.69 Å². The molecule has 1 aromatic carbocycles. The second kappa shape index (κ2) is 5.18. The molecule has 1 aliphatic heterocycles. The van der Waals surface area contributed by atoms with E-state index in [2.05, 4.69) is 5.32 Å². The van der Waals surface area contributed by atoms with Gasteiger partial charge in [-0.25, -0.2) is 0 Å². The fraction of sp³-hybridized carbons (Fsp3) is 0.385. The standard InChI is InChI=1S/C13H17N3O2/c1-2-10(14)9-5-3-4-6-11(9)16-7-12(17)15-13(18)8-16/h3-6,10H,2,7-8,14H2,1H3,(H,15,17,18). The van der Waals surface area contributed by atoms with Gasteiger partial charge in [0.25, 0.3) is 0 Å². The summed E-state index contributed by atoms with van der Waals surface area (Å²) in [4.78, 5) is 24.6. The first-order valence-electron chi connectivity index (χ1n) is 6.04. The Kier molecular flexibility index (Phi) is 3.62. The van der Waals surface area contributed by atoms with Crippen LogP contribution in [0.3, 0.4) is 0 Å². The molecule has 1 unspecified atom stereocenters. The minimum atomic E-state index is -0.272. The highest BCUT2D eigenvalue weighted by Gasteiger charge is 2.24. The Hall–Kier alpha value is -1.88. The van der Waals surface area contributed by atoms with E-state index in [1.807, 2.05) is 31.2 Å². The molecule has 5 nitrogen and oxygen atoms in total. The van der Waals surface area contributed by atoms with E-state index in [-0.39, 0.29) is 30.9 Å². The first kappa shape index (κ1) is 12.6. The number of benzene rings is 1. The van der Waals surface area contributed by atoms with Gasteiger partial charge in [0, 0.05) is 11.7 Å². The molecule has 0 spiro atoms. The van der Waals surface area contributed by atoms with E-state index in [0.717, 1.165) is 17.7 Å². The van der Waals surface area contributed by atoms with Gasteiger partial charge in [-0.1, -0.05) is 25.1 Å². The molecule has 0 radical (unpaired) electrons. The van der Waals surface area contributed by atoms with Gasteiger partial charge in [-0.2, -0.15) is 0 Å². The molecule has 2 rings (SSSR count). The molecule has 1 heterocycles. The summed E-state index contributed by atoms with van der Waals surface area (Å²) in [6, 6.07) is 7.57. The fourth-order valence-electron chi connectivity index (χ4n) is 2.12. The quantitative estimate of drug-likeness (QED) is 0.765. The van der Waals surface area contributed by atoms with E-state index in [1.54, 1.807) is 4.90 Å². The highest BCUT2D eigenvalue weighted by Crippen LogP contribution is 2.27. The van der Waals surface area contributed by atoms with Gasteiger partial charge in [0.15, 0.2) is 0 Å². The van der Waals surface area contributed by atoms with E-state index in [9.17, 15) is 9.59 Å². The third-order valence-corrected chi connectivity index (χ3v) is 3.06. The SMILES string of the molecule is CCC(N)c1ccccc1N1CC(=O)NC(=O)C1. The largest absolute Gasteiger partial charge is 0.353 e. The minimum Gasteiger partial charge on any atom is -0.353 e. The Labute approximate surface area is 106 Å². The van der Waals surface area contributed by atoms with E-state index >= 15 is 0 Å². The predicted molar refractivity (Wildman–Crippen MR) is 69.0 cm³/mol. The van der Waals surface area contributed by atoms with Crippen molar-refractivity contribution < 1.29 is 9.59 Å². The monoisotopic (exact) mass is 247 g/mol. The average Bonchev–Trinajstić information content (AvgIpc) is 2.36. The molecule has 5 heteroatoms. The molecule has 18 heavy (non-hydrogen) atoms. The second-order valence-electron chi connectivity index (χ2n) is 4.40. The van der Waals surface area contributed by atoms with Gasteiger partial charge in [0.1, 0.15) is 0 Å². The molecule has 1 atom stereocenters. The van der Waals surface area contributed by atoms with Crippen LogP contribution in [0.15, 0.2) is 24.3 Å². The van der Waals surface area contributed by atoms with Crippen molar-refractivity contribution in [3.05, 3.63) is 29.8 Å². The van der Waals surface area contributed by atoms with Crippen molar-refractivity contribution in [2.75, 3.05) is 18.0 Å². The van der Waals surface area contributed by atoms with Crippen LogP contribution in [-0.4, -0.2) is 24.9 Å². The second-order valence-corrected chi connectivity index (χ2v) is 4.40. The normalized spacial score (nSPS) is 17.6. The third kappa shape index (κ3) is 2.51. The number of nitrogens with two attached hydrogens (primary N) is 1. The number of nitrogens with one attached hydrogen (secondary N) is 1. The molecule has 1 fully saturated rings. The molecule has 0 bridgehead atoms. The first-order chi connectivity index (χ1) is 8.61. The number of piperazine rings is 1. The van der Waals surface area contributed by atoms with Crippen LogP contribution in [0.25, 0.3) is 0 Å². The number of hydrogen-bond donors (Lipinski definition) is 2. The molecule has 1 aliphatic rings. The maximum Gasteiger partial charge on any atom is 0.246 e. The molecule has 0 saturated carbocycles. The topological polar surface area (TPSA) is 75.4 Å². The molecule has 96 valence electrons. The van der Waals surface area contributed by atoms with E-state index < -0.39 is 0 Å². The zero-order valence-corrected chi connectivity index (χ0v) is 10.3. The van der Waals surface area contributed by atoms with Crippen LogP contribution in [0.1, 0.15) is 24.9 Å². The predicted octanol–water partition coefficient (Wildman–Crippen LogP) is 0.559. The van der Waals surface area contributed by atoms with Crippen molar-refractivity contribution in [3.8, 4) is 0 Å². The molecular formula is C13H17N3O2. The minimum absolute atomic E-state index is 0.0821. The number of amides is 2. The van der Waals surface area contributed by atoms with Gasteiger partial charge in [0.05, 0.1) is 13.1 Å². The Balaban J connectivity index is 2.32. The molecule has 2 amide bonds. The number of para-hydroxylation sites is 1. The van der Waals surface area contributed by atoms with Crippen molar-refractivity contribution in [1.29, 1.82) is 0 Å². The summed E-state index contributed by atoms with van der Waals surface area (Å²) in [5.41, 5.74) is 7.90. The van der Waals surface area contributed by atoms with Crippen molar-refractivity contribution in [2.45, 2.75) is 19.4 Å². The van der Waals surface area contributed by atoms with E-state index in [4.69, 9.17) is 5.73 Å². The number of imide groups is 1. The Morgan fingerprint density at radius 2 is 1.89 bits per heavy atom. The Morgan fingerprint density at radius 3 is 2.50 bits per heavy atom. The van der Waals surface area contributed by atoms with Crippen LogP contribution in [0, 0.1) is 0 Å². The highest BCUT2D eigenvalue weighted by molar-refractivity contribution is 6.02. The third-order valence-electron chi connectivity index (χ3n) is 3.06. The summed E-state index contributed by atoms with van der Waals surface area (Å²) in [6.45, 7) is 2.40. The number of carbonyl (C=O) groups is 2. The molecular weight excluding hydrogens is 230 g/mol. The summed E-state index contributed by atoms with van der Waals surface area (Å²) in [5.74, 6) is -0.544. The van der Waals surface area contributed by atoms with Crippen molar-refractivity contribution >= 4 is 17.5 Å². The summed E-state index contributed by atoms with van der Waals surface area (Å²) in [6.07, 6.45) is 0.811. The van der Waals surface area contributed by atoms with Gasteiger partial charge < -0.3 is 10.6 Å². The number of hydrogen-bond acceptors (Lipinski definition) is 4. The van der Waals surface area contributed by atoms with Gasteiger partial charge in [-0.05, 0) is 18.1 Å². The average molecular weight is 247 g/mol. The summed E-state index contributed by atoms with van der Waals surface area (Å²) in [7, 11) is 0. The zero-order valence-electron chi connectivity index (χ0n) is 10.3. The van der Waals surface area contributed by atoms with Crippen LogP contribution in [0.5, 0.6) is 0 Å². The van der Waals surface area contributed by atoms with Crippen molar-refractivity contribution in [1.82, 2.24) is 5.32 Å². The van der Waals surface area contributed by atoms with Crippen LogP contribution >= 0.6 is 0 Å². The number of anilines is 1. The number of rotatable bonds is 3. The lowest BCUT2D eigenvalue weighted by atomic mass is 10.0. The molecule has 0 aromatic heterocycles. The maximum atomic E-state index is 11.4. The van der Waals surface area contributed by atoms with Crippen molar-refractivity contribution in [3.63, 3.8) is 0 Å². The lowest BCUT2D eigenvalue weighted by Gasteiger charge is -2.30. The lowest BCUT2D eigenvalue weighted by molar-refractivity contribution is -0.130. The smallest absolute Gasteiger partial charge is 0.246 e. The molecule has 1 aromatic rings. The van der Waals surface area contributed by atoms with E-state index in [0.29, 0.717) is 0 Å². The number of nitrogens with zero attached hydrogens (tertiary/aromatic N) is 1. The van der Waals surface area contributed by atoms with Gasteiger partial charge in [0.2, 0.25) is 11.8 Å². The zero-order chi connectivity index (χ0) is 13.1. The highest BCUT2D eigenvalue weighted by atomic mass is 16.2. The first-order valence-corrected chi connectivity index (χ1v) is 6.04. The van der Waals surface area contributed by atoms with E-state index in [1.165, 1.54) is 0 Å². The fourth-order valence-corrected chi connectivity index (χ4v) is 2.12. The summed E-state index contributed by atoms with van der Waals surface area (Å²) < 4.78 is 0. The summed E-state index contributed by atoms with van der Waals surface area (Å²) in [5, 5.41) is 2.29. The molecule has 1 saturated heterocycles. The van der Waals surface area contributed by atoms with Gasteiger partial charge in [-0.15, -0.1) is 0 Å². The molecule has 0 aliphatic carbocycles. The van der Waals surface area contributed by atoms with Crippen molar-refractivity contribution in [2.24, 2.45) is 5.73 Å². The Bertz CT molecular complexity index is 457. The van der Waals surface area contributed by atoms with Crippen LogP contribution in [0.2, 0.25) is 0 Å². The maximum absolute atomic E-state index is 11.4. The van der Waals surface area contributed by atoms with Gasteiger partial charge in [-0.3, -0.25) is 14.9 Å². The number of carbonyl (C=O) groups excluding carboxylic acids is 2. The van der Waals surface area contributed by atoms with Crippen LogP contribution in [-0.2, 0) is 9.59 Å². The van der Waals surface area contributed by atoms with Crippen LogP contribution < -0.4 is 16.0 Å². The summed E-state index contributed by atoms with van der Waals surface area (Å²) >= 11 is 0. The lowest BCUT2D eigenvalue weighted by Crippen LogP contribution is -2.51. The molecule has 3 N–H and O–H groups in total. The van der Waals surface area contributed by atoms with Gasteiger partial charge >= 0.3 is 0 Å². The Morgan fingerprint density at radius 1 is 1.28 bits per heavy atom.